The number of ketones is 1. The average Bonchev–Trinajstić information content (AvgIpc) is 3.22. The summed E-state index contributed by atoms with van der Waals surface area (Å²) in [4.78, 5) is 14.4. The van der Waals surface area contributed by atoms with E-state index in [1.807, 2.05) is 30.3 Å². The molecule has 0 fully saturated rings. The van der Waals surface area contributed by atoms with Gasteiger partial charge in [-0.25, -0.2) is 0 Å². The number of H-pyrrole nitrogens is 1. The predicted octanol–water partition coefficient (Wildman–Crippen LogP) is 7.45. The number of aromatic nitrogens is 2. The van der Waals surface area contributed by atoms with Gasteiger partial charge in [0.2, 0.25) is 0 Å². The Bertz CT molecular complexity index is 1040. The smallest absolute Gasteiger partial charge is 0.191 e. The summed E-state index contributed by atoms with van der Waals surface area (Å²) in [6, 6.07) is 18.3. The lowest BCUT2D eigenvalue weighted by Crippen LogP contribution is -2.41. The highest BCUT2D eigenvalue weighted by molar-refractivity contribution is 7.98. The van der Waals surface area contributed by atoms with Gasteiger partial charge in [-0.2, -0.15) is 5.10 Å². The predicted molar refractivity (Wildman–Crippen MR) is 138 cm³/mol. The second-order valence-electron chi connectivity index (χ2n) is 9.55. The van der Waals surface area contributed by atoms with Gasteiger partial charge in [0.1, 0.15) is 11.4 Å². The van der Waals surface area contributed by atoms with Crippen LogP contribution in [0.15, 0.2) is 59.5 Å². The van der Waals surface area contributed by atoms with E-state index in [2.05, 4.69) is 74.6 Å². The zero-order chi connectivity index (χ0) is 23.4. The van der Waals surface area contributed by atoms with Crippen molar-refractivity contribution in [1.82, 2.24) is 10.2 Å². The molecule has 32 heavy (non-hydrogen) atoms. The summed E-state index contributed by atoms with van der Waals surface area (Å²) in [5.41, 5.74) is 4.25. The van der Waals surface area contributed by atoms with Crippen LogP contribution in [0.5, 0.6) is 0 Å². The van der Waals surface area contributed by atoms with E-state index >= 15 is 0 Å². The van der Waals surface area contributed by atoms with E-state index in [9.17, 15) is 4.79 Å². The van der Waals surface area contributed by atoms with E-state index in [-0.39, 0.29) is 10.8 Å². The Hall–Kier alpha value is -2.15. The average molecular weight is 467 g/mol. The van der Waals surface area contributed by atoms with Gasteiger partial charge in [0.05, 0.1) is 0 Å². The summed E-state index contributed by atoms with van der Waals surface area (Å²) in [6.07, 6.45) is 3.20. The number of rotatable bonds is 9. The van der Waals surface area contributed by atoms with Crippen LogP contribution < -0.4 is 0 Å². The van der Waals surface area contributed by atoms with Gasteiger partial charge in [0.15, 0.2) is 14.1 Å². The minimum absolute atomic E-state index is 0.0715. The van der Waals surface area contributed by atoms with Gasteiger partial charge >= 0.3 is 0 Å². The first-order valence-electron chi connectivity index (χ1n) is 11.1. The van der Waals surface area contributed by atoms with Crippen molar-refractivity contribution in [1.29, 1.82) is 0 Å². The van der Waals surface area contributed by atoms with E-state index in [0.29, 0.717) is 25.1 Å². The van der Waals surface area contributed by atoms with Gasteiger partial charge in [-0.3, -0.25) is 9.89 Å². The molecule has 0 aliphatic rings. The molecule has 2 aromatic carbocycles. The van der Waals surface area contributed by atoms with Gasteiger partial charge in [-0.05, 0) is 48.5 Å². The van der Waals surface area contributed by atoms with E-state index in [4.69, 9.17) is 4.43 Å². The highest BCUT2D eigenvalue weighted by Crippen LogP contribution is 2.37. The molecule has 0 bridgehead atoms. The molecule has 0 amide bonds. The third-order valence-corrected chi connectivity index (χ3v) is 11.6. The molecule has 0 atom stereocenters. The molecule has 3 rings (SSSR count). The normalized spacial score (nSPS) is 12.2. The summed E-state index contributed by atoms with van der Waals surface area (Å²) in [5, 5.41) is 7.77. The SMILES string of the molecule is CSc1ccc(-c2n[nH]c(C(=O)CCCO[Si](C)(C)C(C)(C)C)c2-c2ccccc2)cc1. The molecule has 0 saturated heterocycles. The Morgan fingerprint density at radius 3 is 2.28 bits per heavy atom. The topological polar surface area (TPSA) is 55.0 Å². The van der Waals surface area contributed by atoms with Crippen molar-refractivity contribution in [2.24, 2.45) is 0 Å². The van der Waals surface area contributed by atoms with E-state index in [0.717, 1.165) is 22.4 Å². The van der Waals surface area contributed by atoms with Crippen LogP contribution in [-0.4, -0.2) is 37.2 Å². The number of benzene rings is 2. The standard InChI is InChI=1S/C26H34N2O2SSi/c1-26(2,3)32(5,6)30-18-10-13-22(29)25-23(19-11-8-7-9-12-19)24(27-28-25)20-14-16-21(31-4)17-15-20/h7-9,11-12,14-17H,10,13,18H2,1-6H3,(H,27,28). The first kappa shape index (κ1) is 24.5. The number of hydrogen-bond donors (Lipinski definition) is 1. The van der Waals surface area contributed by atoms with Crippen LogP contribution in [0, 0.1) is 0 Å². The fraction of sp³-hybridized carbons (Fsp3) is 0.385. The number of nitrogens with one attached hydrogen (secondary N) is 1. The van der Waals surface area contributed by atoms with Crippen molar-refractivity contribution in [3.8, 4) is 22.4 Å². The fourth-order valence-corrected chi connectivity index (χ4v) is 4.78. The Balaban J connectivity index is 1.82. The number of hydrogen-bond acceptors (Lipinski definition) is 4. The zero-order valence-electron chi connectivity index (χ0n) is 20.0. The minimum Gasteiger partial charge on any atom is -0.417 e. The summed E-state index contributed by atoms with van der Waals surface area (Å²) in [7, 11) is -1.80. The molecule has 0 unspecified atom stereocenters. The number of carbonyl (C=O) groups is 1. The van der Waals surface area contributed by atoms with Crippen molar-refractivity contribution in [3.05, 3.63) is 60.3 Å². The van der Waals surface area contributed by atoms with Gasteiger partial charge in [-0.15, -0.1) is 11.8 Å². The highest BCUT2D eigenvalue weighted by atomic mass is 32.2. The lowest BCUT2D eigenvalue weighted by Gasteiger charge is -2.36. The summed E-state index contributed by atoms with van der Waals surface area (Å²) >= 11 is 1.71. The number of thioether (sulfide) groups is 1. The van der Waals surface area contributed by atoms with Gasteiger partial charge < -0.3 is 4.43 Å². The molecule has 4 nitrogen and oxygen atoms in total. The largest absolute Gasteiger partial charge is 0.417 e. The van der Waals surface area contributed by atoms with Crippen LogP contribution in [0.4, 0.5) is 0 Å². The molecule has 0 spiro atoms. The Labute approximate surface area is 197 Å². The van der Waals surface area contributed by atoms with Crippen molar-refractivity contribution in [3.63, 3.8) is 0 Å². The molecule has 1 aromatic heterocycles. The number of carbonyl (C=O) groups excluding carboxylic acids is 1. The second-order valence-corrected chi connectivity index (χ2v) is 15.2. The number of Topliss-reactive ketones (excluding diaryl/α,β-unsaturated/α-hetero) is 1. The van der Waals surface area contributed by atoms with Crippen LogP contribution in [0.1, 0.15) is 44.1 Å². The van der Waals surface area contributed by atoms with Crippen molar-refractivity contribution in [2.75, 3.05) is 12.9 Å². The molecule has 6 heteroatoms. The van der Waals surface area contributed by atoms with E-state index in [1.165, 1.54) is 4.90 Å². The lowest BCUT2D eigenvalue weighted by atomic mass is 9.96. The molecule has 0 aliphatic heterocycles. The molecular weight excluding hydrogens is 432 g/mol. The first-order chi connectivity index (χ1) is 15.1. The molecule has 1 heterocycles. The Morgan fingerprint density at radius 2 is 1.69 bits per heavy atom. The van der Waals surface area contributed by atoms with Crippen molar-refractivity contribution >= 4 is 25.9 Å². The Kier molecular flexibility index (Phi) is 7.80. The third-order valence-electron chi connectivity index (χ3n) is 6.29. The summed E-state index contributed by atoms with van der Waals surface area (Å²) in [6.45, 7) is 11.8. The summed E-state index contributed by atoms with van der Waals surface area (Å²) < 4.78 is 6.25. The van der Waals surface area contributed by atoms with Gasteiger partial charge in [0, 0.05) is 29.1 Å². The van der Waals surface area contributed by atoms with Crippen LogP contribution in [0.25, 0.3) is 22.4 Å². The lowest BCUT2D eigenvalue weighted by molar-refractivity contribution is 0.0968. The van der Waals surface area contributed by atoms with Crippen molar-refractivity contribution < 1.29 is 9.22 Å². The molecule has 3 aromatic rings. The Morgan fingerprint density at radius 1 is 1.03 bits per heavy atom. The van der Waals surface area contributed by atoms with Crippen LogP contribution >= 0.6 is 11.8 Å². The van der Waals surface area contributed by atoms with Gasteiger partial charge in [0.25, 0.3) is 0 Å². The quantitative estimate of drug-likeness (QED) is 0.154. The van der Waals surface area contributed by atoms with Crippen molar-refractivity contribution in [2.45, 2.75) is 56.6 Å². The monoisotopic (exact) mass is 466 g/mol. The van der Waals surface area contributed by atoms with E-state index in [1.54, 1.807) is 11.8 Å². The molecule has 1 N–H and O–H groups in total. The minimum atomic E-state index is -1.80. The molecule has 170 valence electrons. The zero-order valence-corrected chi connectivity index (χ0v) is 21.8. The highest BCUT2D eigenvalue weighted by Gasteiger charge is 2.36. The molecule has 0 saturated carbocycles. The van der Waals surface area contributed by atoms with E-state index < -0.39 is 8.32 Å². The maximum absolute atomic E-state index is 13.2. The molecule has 0 aliphatic carbocycles. The van der Waals surface area contributed by atoms with Gasteiger partial charge in [-0.1, -0.05) is 63.2 Å². The fourth-order valence-electron chi connectivity index (χ4n) is 3.29. The molecular formula is C26H34N2O2SSi. The number of nitrogens with zero attached hydrogens (tertiary/aromatic N) is 1. The third kappa shape index (κ3) is 5.60. The second kappa shape index (κ2) is 10.2. The maximum atomic E-state index is 13.2. The summed E-state index contributed by atoms with van der Waals surface area (Å²) in [5.74, 6) is 0.0715. The number of aromatic amines is 1. The van der Waals surface area contributed by atoms with Crippen LogP contribution in [-0.2, 0) is 4.43 Å². The van der Waals surface area contributed by atoms with Crippen LogP contribution in [0.2, 0.25) is 18.1 Å². The first-order valence-corrected chi connectivity index (χ1v) is 15.2. The molecule has 0 radical (unpaired) electrons. The van der Waals surface area contributed by atoms with Crippen LogP contribution in [0.3, 0.4) is 0 Å². The maximum Gasteiger partial charge on any atom is 0.191 e.